The zero-order valence-electron chi connectivity index (χ0n) is 10.1. The van der Waals surface area contributed by atoms with Gasteiger partial charge >= 0.3 is 0 Å². The molecule has 0 radical (unpaired) electrons. The summed E-state index contributed by atoms with van der Waals surface area (Å²) in [6.07, 6.45) is 3.61. The second-order valence-electron chi connectivity index (χ2n) is 3.90. The highest BCUT2D eigenvalue weighted by Gasteiger charge is 2.09. The monoisotopic (exact) mass is 259 g/mol. The molecular formula is C14H14ClN3. The molecule has 92 valence electrons. The molecule has 0 saturated carbocycles. The van der Waals surface area contributed by atoms with Crippen LogP contribution in [0.15, 0.2) is 54.2 Å². The number of aromatic nitrogens is 2. The molecule has 0 atom stereocenters. The van der Waals surface area contributed by atoms with Crippen LogP contribution in [0.25, 0.3) is 0 Å². The number of anilines is 2. The van der Waals surface area contributed by atoms with Gasteiger partial charge in [0.15, 0.2) is 5.82 Å². The lowest BCUT2D eigenvalue weighted by molar-refractivity contribution is 0.950. The van der Waals surface area contributed by atoms with Crippen LogP contribution in [0.1, 0.15) is 5.56 Å². The Morgan fingerprint density at radius 2 is 2.06 bits per heavy atom. The van der Waals surface area contributed by atoms with Gasteiger partial charge in [-0.05, 0) is 30.7 Å². The Hall–Kier alpha value is -1.87. The van der Waals surface area contributed by atoms with Gasteiger partial charge in [0.05, 0.1) is 6.20 Å². The van der Waals surface area contributed by atoms with Crippen LogP contribution >= 0.6 is 11.6 Å². The Labute approximate surface area is 112 Å². The molecule has 0 N–H and O–H groups in total. The predicted octanol–water partition coefficient (Wildman–Crippen LogP) is 3.68. The summed E-state index contributed by atoms with van der Waals surface area (Å²) in [7, 11) is 0. The van der Waals surface area contributed by atoms with Crippen LogP contribution in [-0.4, -0.2) is 16.7 Å². The van der Waals surface area contributed by atoms with E-state index in [2.05, 4.69) is 15.1 Å². The molecule has 0 aliphatic heterocycles. The number of benzene rings is 1. The van der Waals surface area contributed by atoms with Crippen LogP contribution < -0.4 is 4.90 Å². The first kappa shape index (κ1) is 12.6. The van der Waals surface area contributed by atoms with Crippen LogP contribution in [0.2, 0.25) is 0 Å². The summed E-state index contributed by atoms with van der Waals surface area (Å²) in [4.78, 5) is 2.05. The SMILES string of the molecule is Cc1cnnc(N(CC=CCl)c2ccccc2)c1. The lowest BCUT2D eigenvalue weighted by Gasteiger charge is -2.21. The summed E-state index contributed by atoms with van der Waals surface area (Å²) in [5.74, 6) is 0.816. The maximum atomic E-state index is 5.61. The fraction of sp³-hybridized carbons (Fsp3) is 0.143. The summed E-state index contributed by atoms with van der Waals surface area (Å²) in [5, 5.41) is 8.16. The number of hydrogen-bond acceptors (Lipinski definition) is 3. The van der Waals surface area contributed by atoms with E-state index < -0.39 is 0 Å². The quantitative estimate of drug-likeness (QED) is 0.839. The van der Waals surface area contributed by atoms with Crippen molar-refractivity contribution in [2.45, 2.75) is 6.92 Å². The highest BCUT2D eigenvalue weighted by molar-refractivity contribution is 6.25. The van der Waals surface area contributed by atoms with E-state index in [1.54, 1.807) is 6.20 Å². The van der Waals surface area contributed by atoms with Gasteiger partial charge in [0.1, 0.15) is 0 Å². The second-order valence-corrected chi connectivity index (χ2v) is 4.15. The van der Waals surface area contributed by atoms with Gasteiger partial charge in [-0.1, -0.05) is 35.9 Å². The van der Waals surface area contributed by atoms with Crippen molar-refractivity contribution >= 4 is 23.1 Å². The number of halogens is 1. The Balaban J connectivity index is 2.36. The average molecular weight is 260 g/mol. The standard InChI is InChI=1S/C14H14ClN3/c1-12-10-14(17-16-11-12)18(9-5-8-15)13-6-3-2-4-7-13/h2-8,10-11H,9H2,1H3. The number of nitrogens with zero attached hydrogens (tertiary/aromatic N) is 3. The van der Waals surface area contributed by atoms with Crippen molar-refractivity contribution in [2.24, 2.45) is 0 Å². The van der Waals surface area contributed by atoms with Crippen molar-refractivity contribution in [1.29, 1.82) is 0 Å². The second kappa shape index (κ2) is 6.17. The first-order chi connectivity index (χ1) is 8.81. The molecule has 0 aliphatic carbocycles. The molecule has 0 fully saturated rings. The summed E-state index contributed by atoms with van der Waals surface area (Å²) >= 11 is 5.61. The van der Waals surface area contributed by atoms with Crippen molar-refractivity contribution in [3.8, 4) is 0 Å². The number of para-hydroxylation sites is 1. The molecule has 2 aromatic rings. The maximum absolute atomic E-state index is 5.61. The van der Waals surface area contributed by atoms with Crippen molar-refractivity contribution in [3.05, 3.63) is 59.8 Å². The van der Waals surface area contributed by atoms with Gasteiger partial charge in [-0.2, -0.15) is 5.10 Å². The van der Waals surface area contributed by atoms with E-state index in [4.69, 9.17) is 11.6 Å². The van der Waals surface area contributed by atoms with Gasteiger partial charge in [0.25, 0.3) is 0 Å². The van der Waals surface area contributed by atoms with Crippen molar-refractivity contribution < 1.29 is 0 Å². The highest BCUT2D eigenvalue weighted by Crippen LogP contribution is 2.22. The molecule has 4 heteroatoms. The molecule has 1 aromatic carbocycles. The normalized spacial score (nSPS) is 10.8. The summed E-state index contributed by atoms with van der Waals surface area (Å²) < 4.78 is 0. The van der Waals surface area contributed by atoms with Gasteiger partial charge in [-0.15, -0.1) is 5.10 Å². The molecule has 1 heterocycles. The van der Waals surface area contributed by atoms with E-state index in [0.717, 1.165) is 17.1 Å². The fourth-order valence-corrected chi connectivity index (χ4v) is 1.74. The topological polar surface area (TPSA) is 29.0 Å². The zero-order chi connectivity index (χ0) is 12.8. The molecule has 0 unspecified atom stereocenters. The van der Waals surface area contributed by atoms with Gasteiger partial charge in [-0.3, -0.25) is 0 Å². The molecule has 0 spiro atoms. The van der Waals surface area contributed by atoms with E-state index >= 15 is 0 Å². The van der Waals surface area contributed by atoms with Gasteiger partial charge < -0.3 is 4.90 Å². The molecule has 3 nitrogen and oxygen atoms in total. The fourth-order valence-electron chi connectivity index (χ4n) is 1.67. The minimum atomic E-state index is 0.658. The third-order valence-corrected chi connectivity index (χ3v) is 2.68. The minimum Gasteiger partial charge on any atom is -0.321 e. The summed E-state index contributed by atoms with van der Waals surface area (Å²) in [6, 6.07) is 12.0. The summed E-state index contributed by atoms with van der Waals surface area (Å²) in [6.45, 7) is 2.66. The summed E-state index contributed by atoms with van der Waals surface area (Å²) in [5.41, 5.74) is 3.65. The Kier molecular flexibility index (Phi) is 4.31. The largest absolute Gasteiger partial charge is 0.321 e. The lowest BCUT2D eigenvalue weighted by Crippen LogP contribution is -2.18. The minimum absolute atomic E-state index is 0.658. The maximum Gasteiger partial charge on any atom is 0.156 e. The Morgan fingerprint density at radius 1 is 1.28 bits per heavy atom. The first-order valence-electron chi connectivity index (χ1n) is 5.68. The third kappa shape index (κ3) is 3.08. The Bertz CT molecular complexity index is 526. The van der Waals surface area contributed by atoms with Crippen LogP contribution in [0.5, 0.6) is 0 Å². The van der Waals surface area contributed by atoms with E-state index in [0.29, 0.717) is 6.54 Å². The molecule has 1 aromatic heterocycles. The number of rotatable bonds is 4. The lowest BCUT2D eigenvalue weighted by atomic mass is 10.2. The Morgan fingerprint density at radius 3 is 2.72 bits per heavy atom. The molecule has 0 bridgehead atoms. The van der Waals surface area contributed by atoms with Gasteiger partial charge in [-0.25, -0.2) is 0 Å². The van der Waals surface area contributed by atoms with Crippen LogP contribution in [0.3, 0.4) is 0 Å². The molecule has 0 aliphatic rings. The predicted molar refractivity (Wildman–Crippen MR) is 75.2 cm³/mol. The molecule has 0 saturated heterocycles. The molecular weight excluding hydrogens is 246 g/mol. The van der Waals surface area contributed by atoms with E-state index in [9.17, 15) is 0 Å². The zero-order valence-corrected chi connectivity index (χ0v) is 10.9. The van der Waals surface area contributed by atoms with Gasteiger partial charge in [0, 0.05) is 17.8 Å². The highest BCUT2D eigenvalue weighted by atomic mass is 35.5. The van der Waals surface area contributed by atoms with E-state index in [-0.39, 0.29) is 0 Å². The number of aryl methyl sites for hydroxylation is 1. The van der Waals surface area contributed by atoms with Crippen LogP contribution in [0, 0.1) is 6.92 Å². The smallest absolute Gasteiger partial charge is 0.156 e. The van der Waals surface area contributed by atoms with E-state index in [1.807, 2.05) is 49.4 Å². The molecule has 18 heavy (non-hydrogen) atoms. The van der Waals surface area contributed by atoms with Crippen molar-refractivity contribution in [1.82, 2.24) is 10.2 Å². The van der Waals surface area contributed by atoms with Crippen LogP contribution in [-0.2, 0) is 0 Å². The number of hydrogen-bond donors (Lipinski definition) is 0. The third-order valence-electron chi connectivity index (χ3n) is 2.50. The van der Waals surface area contributed by atoms with Crippen LogP contribution in [0.4, 0.5) is 11.5 Å². The van der Waals surface area contributed by atoms with Gasteiger partial charge in [0.2, 0.25) is 0 Å². The van der Waals surface area contributed by atoms with Crippen molar-refractivity contribution in [3.63, 3.8) is 0 Å². The van der Waals surface area contributed by atoms with Crippen molar-refractivity contribution in [2.75, 3.05) is 11.4 Å². The average Bonchev–Trinajstić information content (AvgIpc) is 2.40. The van der Waals surface area contributed by atoms with E-state index in [1.165, 1.54) is 5.54 Å². The molecule has 0 amide bonds. The first-order valence-corrected chi connectivity index (χ1v) is 6.12. The molecule has 2 rings (SSSR count).